The van der Waals surface area contributed by atoms with Gasteiger partial charge in [-0.25, -0.2) is 4.98 Å². The first kappa shape index (κ1) is 19.5. The number of nitrogens with one attached hydrogen (secondary N) is 1. The maximum absolute atomic E-state index is 12.6. The number of nitrogens with zero attached hydrogens (tertiary/aromatic N) is 2. The highest BCUT2D eigenvalue weighted by Crippen LogP contribution is 2.29. The van der Waals surface area contributed by atoms with Crippen LogP contribution in [0.25, 0.3) is 11.3 Å². The number of anilines is 1. The molecule has 0 atom stereocenters. The van der Waals surface area contributed by atoms with E-state index < -0.39 is 0 Å². The highest BCUT2D eigenvalue weighted by molar-refractivity contribution is 7.14. The van der Waals surface area contributed by atoms with E-state index in [4.69, 9.17) is 0 Å². The molecule has 1 aromatic heterocycles. The zero-order valence-electron chi connectivity index (χ0n) is 16.2. The molecular formula is C21H27N3O2S. The number of aromatic nitrogens is 1. The number of aryl methyl sites for hydroxylation is 2. The van der Waals surface area contributed by atoms with Crippen molar-refractivity contribution < 1.29 is 9.59 Å². The second-order valence-electron chi connectivity index (χ2n) is 7.25. The largest absolute Gasteiger partial charge is 0.343 e. The summed E-state index contributed by atoms with van der Waals surface area (Å²) >= 11 is 1.45. The van der Waals surface area contributed by atoms with Gasteiger partial charge >= 0.3 is 0 Å². The average Bonchev–Trinajstić information content (AvgIpc) is 3.10. The zero-order chi connectivity index (χ0) is 19.4. The lowest BCUT2D eigenvalue weighted by Crippen LogP contribution is -2.41. The van der Waals surface area contributed by atoms with Gasteiger partial charge in [0, 0.05) is 36.4 Å². The number of piperidine rings is 1. The van der Waals surface area contributed by atoms with Crippen LogP contribution in [0.5, 0.6) is 0 Å². The second kappa shape index (κ2) is 8.65. The Kier molecular flexibility index (Phi) is 6.26. The van der Waals surface area contributed by atoms with E-state index in [2.05, 4.69) is 42.3 Å². The third-order valence-corrected chi connectivity index (χ3v) is 5.83. The normalized spacial score (nSPS) is 15.0. The van der Waals surface area contributed by atoms with E-state index >= 15 is 0 Å². The molecule has 0 spiro atoms. The molecule has 1 saturated heterocycles. The van der Waals surface area contributed by atoms with Crippen molar-refractivity contribution in [2.45, 2.75) is 46.5 Å². The number of hydrogen-bond donors (Lipinski definition) is 1. The van der Waals surface area contributed by atoms with Crippen LogP contribution in [0.3, 0.4) is 0 Å². The third kappa shape index (κ3) is 4.75. The highest BCUT2D eigenvalue weighted by atomic mass is 32.1. The van der Waals surface area contributed by atoms with Crippen molar-refractivity contribution in [2.24, 2.45) is 5.92 Å². The summed E-state index contributed by atoms with van der Waals surface area (Å²) in [4.78, 5) is 31.0. The fourth-order valence-corrected chi connectivity index (χ4v) is 4.24. The van der Waals surface area contributed by atoms with Gasteiger partial charge < -0.3 is 10.2 Å². The van der Waals surface area contributed by atoms with Crippen LogP contribution in [0.15, 0.2) is 23.6 Å². The summed E-state index contributed by atoms with van der Waals surface area (Å²) < 4.78 is 0. The molecule has 27 heavy (non-hydrogen) atoms. The van der Waals surface area contributed by atoms with Crippen molar-refractivity contribution in [1.82, 2.24) is 9.88 Å². The molecule has 1 N–H and O–H groups in total. The summed E-state index contributed by atoms with van der Waals surface area (Å²) in [7, 11) is 0. The predicted molar refractivity (Wildman–Crippen MR) is 110 cm³/mol. The minimum Gasteiger partial charge on any atom is -0.343 e. The average molecular weight is 386 g/mol. The van der Waals surface area contributed by atoms with Gasteiger partial charge in [-0.3, -0.25) is 9.59 Å². The van der Waals surface area contributed by atoms with Crippen LogP contribution in [-0.2, 0) is 9.59 Å². The molecule has 2 heterocycles. The van der Waals surface area contributed by atoms with Crippen LogP contribution in [0.4, 0.5) is 5.13 Å². The maximum atomic E-state index is 12.6. The fourth-order valence-electron chi connectivity index (χ4n) is 3.53. The molecule has 2 aromatic rings. The smallest absolute Gasteiger partial charge is 0.229 e. The van der Waals surface area contributed by atoms with Gasteiger partial charge in [-0.15, -0.1) is 11.3 Å². The Hall–Kier alpha value is -2.21. The molecule has 0 radical (unpaired) electrons. The number of amides is 2. The van der Waals surface area contributed by atoms with Crippen molar-refractivity contribution in [2.75, 3.05) is 18.4 Å². The zero-order valence-corrected chi connectivity index (χ0v) is 17.1. The van der Waals surface area contributed by atoms with Crippen molar-refractivity contribution >= 4 is 28.3 Å². The lowest BCUT2D eigenvalue weighted by molar-refractivity contribution is -0.134. The summed E-state index contributed by atoms with van der Waals surface area (Å²) in [6.45, 7) is 7.50. The standard InChI is InChI=1S/C21H27N3O2S/c1-4-5-19(25)24-10-8-16(9-11-24)20(26)23-21-22-18(13-27-21)17-7-6-14(2)12-15(17)3/h6-7,12-13,16H,4-5,8-11H2,1-3H3,(H,22,23,26). The Labute approximate surface area is 164 Å². The van der Waals surface area contributed by atoms with Gasteiger partial charge in [0.1, 0.15) is 0 Å². The van der Waals surface area contributed by atoms with Crippen molar-refractivity contribution in [3.8, 4) is 11.3 Å². The predicted octanol–water partition coefficient (Wildman–Crippen LogP) is 4.40. The van der Waals surface area contributed by atoms with Crippen LogP contribution in [0.1, 0.15) is 43.7 Å². The lowest BCUT2D eigenvalue weighted by Gasteiger charge is -2.31. The third-order valence-electron chi connectivity index (χ3n) is 5.07. The van der Waals surface area contributed by atoms with E-state index in [9.17, 15) is 9.59 Å². The van der Waals surface area contributed by atoms with Crippen LogP contribution in [0.2, 0.25) is 0 Å². The van der Waals surface area contributed by atoms with Gasteiger partial charge in [-0.05, 0) is 38.7 Å². The van der Waals surface area contributed by atoms with Gasteiger partial charge in [0.15, 0.2) is 5.13 Å². The summed E-state index contributed by atoms with van der Waals surface area (Å²) in [6.07, 6.45) is 2.90. The molecule has 1 aromatic carbocycles. The molecule has 5 nitrogen and oxygen atoms in total. The molecule has 0 unspecified atom stereocenters. The SMILES string of the molecule is CCCC(=O)N1CCC(C(=O)Nc2nc(-c3ccc(C)cc3C)cs2)CC1. The second-order valence-corrected chi connectivity index (χ2v) is 8.11. The Morgan fingerprint density at radius 2 is 2.00 bits per heavy atom. The van der Waals surface area contributed by atoms with Crippen molar-refractivity contribution in [1.29, 1.82) is 0 Å². The minimum atomic E-state index is -0.0517. The molecule has 0 bridgehead atoms. The molecule has 6 heteroatoms. The first-order valence-electron chi connectivity index (χ1n) is 9.59. The molecule has 3 rings (SSSR count). The molecule has 144 valence electrons. The van der Waals surface area contributed by atoms with Gasteiger partial charge in [0.25, 0.3) is 0 Å². The fraction of sp³-hybridized carbons (Fsp3) is 0.476. The molecule has 0 aliphatic carbocycles. The number of carbonyl (C=O) groups excluding carboxylic acids is 2. The number of rotatable bonds is 5. The van der Waals surface area contributed by atoms with Crippen molar-refractivity contribution in [3.05, 3.63) is 34.7 Å². The maximum Gasteiger partial charge on any atom is 0.229 e. The molecule has 0 saturated carbocycles. The Bertz CT molecular complexity index is 823. The van der Waals surface area contributed by atoms with Gasteiger partial charge in [-0.1, -0.05) is 30.7 Å². The Balaban J connectivity index is 1.58. The molecule has 2 amide bonds. The van der Waals surface area contributed by atoms with E-state index in [0.717, 1.165) is 30.5 Å². The van der Waals surface area contributed by atoms with E-state index in [1.54, 1.807) is 0 Å². The highest BCUT2D eigenvalue weighted by Gasteiger charge is 2.27. The first-order valence-corrected chi connectivity index (χ1v) is 10.5. The summed E-state index contributed by atoms with van der Waals surface area (Å²) in [6, 6.07) is 6.29. The Morgan fingerprint density at radius 1 is 1.26 bits per heavy atom. The monoisotopic (exact) mass is 385 g/mol. The van der Waals surface area contributed by atoms with Crippen LogP contribution < -0.4 is 5.32 Å². The van der Waals surface area contributed by atoms with Gasteiger partial charge in [-0.2, -0.15) is 0 Å². The number of likely N-dealkylation sites (tertiary alicyclic amines) is 1. The number of carbonyl (C=O) groups is 2. The van der Waals surface area contributed by atoms with Crippen molar-refractivity contribution in [3.63, 3.8) is 0 Å². The van der Waals surface area contributed by atoms with E-state index in [1.165, 1.54) is 22.5 Å². The number of hydrogen-bond acceptors (Lipinski definition) is 4. The quantitative estimate of drug-likeness (QED) is 0.829. The van der Waals surface area contributed by atoms with E-state index in [0.29, 0.717) is 24.6 Å². The van der Waals surface area contributed by atoms with Crippen LogP contribution in [-0.4, -0.2) is 34.8 Å². The lowest BCUT2D eigenvalue weighted by atomic mass is 9.95. The topological polar surface area (TPSA) is 62.3 Å². The summed E-state index contributed by atoms with van der Waals surface area (Å²) in [5, 5.41) is 5.59. The van der Waals surface area contributed by atoms with Crippen LogP contribution in [0, 0.1) is 19.8 Å². The summed E-state index contributed by atoms with van der Waals surface area (Å²) in [5.41, 5.74) is 4.40. The molecule has 1 aliphatic rings. The molecule has 1 aliphatic heterocycles. The summed E-state index contributed by atoms with van der Waals surface area (Å²) in [5.74, 6) is 0.164. The minimum absolute atomic E-state index is 0.0131. The Morgan fingerprint density at radius 3 is 2.67 bits per heavy atom. The number of benzene rings is 1. The van der Waals surface area contributed by atoms with E-state index in [-0.39, 0.29) is 17.7 Å². The number of thiazole rings is 1. The molecule has 1 fully saturated rings. The van der Waals surface area contributed by atoms with Gasteiger partial charge in [0.2, 0.25) is 11.8 Å². The molecular weight excluding hydrogens is 358 g/mol. The van der Waals surface area contributed by atoms with Gasteiger partial charge in [0.05, 0.1) is 5.69 Å². The first-order chi connectivity index (χ1) is 13.0. The van der Waals surface area contributed by atoms with E-state index in [1.807, 2.05) is 17.2 Å². The van der Waals surface area contributed by atoms with Crippen LogP contribution >= 0.6 is 11.3 Å².